The zero-order chi connectivity index (χ0) is 17.3. The summed E-state index contributed by atoms with van der Waals surface area (Å²) in [7, 11) is 1.45. The number of rotatable bonds is 3. The summed E-state index contributed by atoms with van der Waals surface area (Å²) in [6.07, 6.45) is 6.87. The minimum Gasteiger partial charge on any atom is -0.469 e. The Kier molecular flexibility index (Phi) is 5.48. The average Bonchev–Trinajstić information content (AvgIpc) is 2.88. The van der Waals surface area contributed by atoms with Gasteiger partial charge in [-0.1, -0.05) is 0 Å². The second-order valence-electron chi connectivity index (χ2n) is 8.07. The fraction of sp³-hybridized carbons (Fsp3) is 0.895. The first kappa shape index (κ1) is 17.7. The summed E-state index contributed by atoms with van der Waals surface area (Å²) in [6, 6.07) is 1.75. The number of methoxy groups -OCH3 is 1. The number of likely N-dealkylation sites (tertiary alicyclic amines) is 1. The molecular formula is C19H32N2O3. The van der Waals surface area contributed by atoms with Crippen LogP contribution in [0.2, 0.25) is 0 Å². The van der Waals surface area contributed by atoms with E-state index in [2.05, 4.69) is 23.6 Å². The molecule has 1 aliphatic carbocycles. The van der Waals surface area contributed by atoms with Crippen LogP contribution < -0.4 is 0 Å². The van der Waals surface area contributed by atoms with E-state index in [4.69, 9.17) is 4.74 Å². The summed E-state index contributed by atoms with van der Waals surface area (Å²) < 4.78 is 4.85. The Morgan fingerprint density at radius 2 is 1.54 bits per heavy atom. The van der Waals surface area contributed by atoms with Crippen LogP contribution in [0.15, 0.2) is 0 Å². The van der Waals surface area contributed by atoms with Crippen LogP contribution in [0.5, 0.6) is 0 Å². The van der Waals surface area contributed by atoms with Crippen LogP contribution in [0, 0.1) is 11.8 Å². The summed E-state index contributed by atoms with van der Waals surface area (Å²) in [5, 5.41) is 0. The van der Waals surface area contributed by atoms with Crippen molar-refractivity contribution in [1.29, 1.82) is 0 Å². The van der Waals surface area contributed by atoms with Crippen molar-refractivity contribution >= 4 is 11.9 Å². The van der Waals surface area contributed by atoms with Crippen molar-refractivity contribution in [1.82, 2.24) is 9.80 Å². The first-order valence-corrected chi connectivity index (χ1v) is 9.65. The molecule has 3 rings (SSSR count). The van der Waals surface area contributed by atoms with Crippen molar-refractivity contribution < 1.29 is 14.3 Å². The molecule has 0 aromatic carbocycles. The topological polar surface area (TPSA) is 49.9 Å². The van der Waals surface area contributed by atoms with Crippen molar-refractivity contribution in [2.24, 2.45) is 11.8 Å². The van der Waals surface area contributed by atoms with Gasteiger partial charge in [-0.05, 0) is 58.8 Å². The maximum absolute atomic E-state index is 13.0. The van der Waals surface area contributed by atoms with Gasteiger partial charge in [0.1, 0.15) is 0 Å². The zero-order valence-electron chi connectivity index (χ0n) is 15.4. The fourth-order valence-electron chi connectivity index (χ4n) is 5.15. The van der Waals surface area contributed by atoms with E-state index in [1.54, 1.807) is 0 Å². The third-order valence-electron chi connectivity index (χ3n) is 6.36. The monoisotopic (exact) mass is 336 g/mol. The lowest BCUT2D eigenvalue weighted by Gasteiger charge is -2.34. The molecule has 2 heterocycles. The molecule has 0 N–H and O–H groups in total. The lowest BCUT2D eigenvalue weighted by atomic mass is 9.81. The molecule has 5 heteroatoms. The largest absolute Gasteiger partial charge is 0.469 e. The minimum absolute atomic E-state index is 0.00405. The molecule has 2 bridgehead atoms. The summed E-state index contributed by atoms with van der Waals surface area (Å²) in [6.45, 7) is 6.35. The molecule has 0 aromatic heterocycles. The normalized spacial score (nSPS) is 34.2. The van der Waals surface area contributed by atoms with Crippen LogP contribution in [-0.4, -0.2) is 60.0 Å². The number of esters is 1. The standard InChI is InChI=1S/C19H32N2O3/c1-13(2)21-16-8-9-17(21)12-20(11-10-16)18(22)14-4-6-15(7-5-14)19(23)24-3/h13-17H,4-12H2,1-3H3. The quantitative estimate of drug-likeness (QED) is 0.743. The molecule has 2 saturated heterocycles. The predicted octanol–water partition coefficient (Wildman–Crippen LogP) is 2.44. The molecule has 0 spiro atoms. The van der Waals surface area contributed by atoms with E-state index < -0.39 is 0 Å². The van der Waals surface area contributed by atoms with E-state index in [1.807, 2.05) is 0 Å². The maximum Gasteiger partial charge on any atom is 0.308 e. The number of nitrogens with zero attached hydrogens (tertiary/aromatic N) is 2. The van der Waals surface area contributed by atoms with Gasteiger partial charge < -0.3 is 9.64 Å². The van der Waals surface area contributed by atoms with Crippen LogP contribution in [0.1, 0.15) is 58.8 Å². The van der Waals surface area contributed by atoms with Gasteiger partial charge in [-0.3, -0.25) is 14.5 Å². The van der Waals surface area contributed by atoms with E-state index in [0.717, 1.165) is 45.2 Å². The molecule has 2 unspecified atom stereocenters. The van der Waals surface area contributed by atoms with Gasteiger partial charge in [-0.25, -0.2) is 0 Å². The van der Waals surface area contributed by atoms with Crippen LogP contribution in [-0.2, 0) is 14.3 Å². The number of carbonyl (C=O) groups excluding carboxylic acids is 2. The number of fused-ring (bicyclic) bond motifs is 2. The van der Waals surface area contributed by atoms with Crippen LogP contribution >= 0.6 is 0 Å². The first-order valence-electron chi connectivity index (χ1n) is 9.65. The Balaban J connectivity index is 1.58. The Morgan fingerprint density at radius 3 is 2.17 bits per heavy atom. The van der Waals surface area contributed by atoms with Crippen LogP contribution in [0.3, 0.4) is 0 Å². The molecule has 3 fully saturated rings. The molecule has 1 amide bonds. The highest BCUT2D eigenvalue weighted by Gasteiger charge is 2.41. The first-order chi connectivity index (χ1) is 11.5. The molecule has 3 aliphatic rings. The van der Waals surface area contributed by atoms with E-state index in [0.29, 0.717) is 24.0 Å². The van der Waals surface area contributed by atoms with Crippen LogP contribution in [0.25, 0.3) is 0 Å². The number of amides is 1. The lowest BCUT2D eigenvalue weighted by molar-refractivity contribution is -0.148. The van der Waals surface area contributed by atoms with Gasteiger partial charge in [-0.2, -0.15) is 0 Å². The smallest absolute Gasteiger partial charge is 0.308 e. The van der Waals surface area contributed by atoms with Crippen molar-refractivity contribution in [3.05, 3.63) is 0 Å². The van der Waals surface area contributed by atoms with Crippen molar-refractivity contribution in [3.8, 4) is 0 Å². The highest BCUT2D eigenvalue weighted by molar-refractivity contribution is 5.79. The Labute approximate surface area is 145 Å². The van der Waals surface area contributed by atoms with Gasteiger partial charge in [-0.15, -0.1) is 0 Å². The Bertz CT molecular complexity index is 471. The van der Waals surface area contributed by atoms with Crippen molar-refractivity contribution in [2.75, 3.05) is 20.2 Å². The van der Waals surface area contributed by atoms with E-state index in [1.165, 1.54) is 20.0 Å². The maximum atomic E-state index is 13.0. The van der Waals surface area contributed by atoms with Crippen molar-refractivity contribution in [3.63, 3.8) is 0 Å². The van der Waals surface area contributed by atoms with Gasteiger partial charge in [0.05, 0.1) is 13.0 Å². The number of hydrogen-bond donors (Lipinski definition) is 0. The van der Waals surface area contributed by atoms with E-state index in [-0.39, 0.29) is 17.8 Å². The van der Waals surface area contributed by atoms with Gasteiger partial charge in [0.2, 0.25) is 5.91 Å². The predicted molar refractivity (Wildman–Crippen MR) is 92.4 cm³/mol. The van der Waals surface area contributed by atoms with Gasteiger partial charge in [0, 0.05) is 37.1 Å². The molecule has 0 aromatic rings. The van der Waals surface area contributed by atoms with Crippen LogP contribution in [0.4, 0.5) is 0 Å². The van der Waals surface area contributed by atoms with Gasteiger partial charge >= 0.3 is 5.97 Å². The third-order valence-corrected chi connectivity index (χ3v) is 6.36. The molecule has 5 nitrogen and oxygen atoms in total. The number of hydrogen-bond acceptors (Lipinski definition) is 4. The Morgan fingerprint density at radius 1 is 0.917 bits per heavy atom. The summed E-state index contributed by atoms with van der Waals surface area (Å²) >= 11 is 0. The lowest BCUT2D eigenvalue weighted by Crippen LogP contribution is -2.45. The second kappa shape index (κ2) is 7.42. The van der Waals surface area contributed by atoms with Gasteiger partial charge in [0.15, 0.2) is 0 Å². The molecular weight excluding hydrogens is 304 g/mol. The Hall–Kier alpha value is -1.10. The summed E-state index contributed by atoms with van der Waals surface area (Å²) in [4.78, 5) is 29.4. The summed E-state index contributed by atoms with van der Waals surface area (Å²) in [5.41, 5.74) is 0. The highest BCUT2D eigenvalue weighted by Crippen LogP contribution is 2.35. The highest BCUT2D eigenvalue weighted by atomic mass is 16.5. The van der Waals surface area contributed by atoms with Crippen molar-refractivity contribution in [2.45, 2.75) is 76.9 Å². The fourth-order valence-corrected chi connectivity index (χ4v) is 5.15. The molecule has 2 aliphatic heterocycles. The van der Waals surface area contributed by atoms with E-state index in [9.17, 15) is 9.59 Å². The summed E-state index contributed by atoms with van der Waals surface area (Å²) in [5.74, 6) is 0.320. The zero-order valence-corrected chi connectivity index (χ0v) is 15.4. The SMILES string of the molecule is COC(=O)C1CCC(C(=O)N2CCC3CCC(C2)N3C(C)C)CC1. The minimum atomic E-state index is -0.111. The third kappa shape index (κ3) is 3.46. The molecule has 1 saturated carbocycles. The average molecular weight is 336 g/mol. The second-order valence-corrected chi connectivity index (χ2v) is 8.07. The molecule has 24 heavy (non-hydrogen) atoms. The molecule has 2 atom stereocenters. The van der Waals surface area contributed by atoms with E-state index >= 15 is 0 Å². The van der Waals surface area contributed by atoms with Gasteiger partial charge in [0.25, 0.3) is 0 Å². The molecule has 136 valence electrons. The molecule has 0 radical (unpaired) electrons. The number of carbonyl (C=O) groups is 2. The number of ether oxygens (including phenoxy) is 1.